The number of aromatic hydroxyl groups is 2. The highest BCUT2D eigenvalue weighted by molar-refractivity contribution is 5.91. The van der Waals surface area contributed by atoms with Crippen LogP contribution in [0.5, 0.6) is 11.5 Å². The molecule has 1 heterocycles. The quantitative estimate of drug-likeness (QED) is 0.426. The van der Waals surface area contributed by atoms with Gasteiger partial charge in [0.25, 0.3) is 0 Å². The van der Waals surface area contributed by atoms with E-state index in [9.17, 15) is 19.8 Å². The SMILES string of the molecule is O=C(O)Nc1cc(O)c(O)cc1-c1cc(=O)c2ccccc2o1. The molecule has 0 aliphatic heterocycles. The molecule has 0 aliphatic carbocycles. The molecule has 1 aromatic heterocycles. The van der Waals surface area contributed by atoms with Crippen LogP contribution in [0.4, 0.5) is 10.5 Å². The van der Waals surface area contributed by atoms with Crippen LogP contribution in [0, 0.1) is 0 Å². The van der Waals surface area contributed by atoms with Gasteiger partial charge in [-0.3, -0.25) is 10.1 Å². The molecule has 116 valence electrons. The maximum atomic E-state index is 12.1. The van der Waals surface area contributed by atoms with Gasteiger partial charge in [0.1, 0.15) is 11.3 Å². The highest BCUT2D eigenvalue weighted by Crippen LogP contribution is 2.37. The van der Waals surface area contributed by atoms with E-state index in [1.807, 2.05) is 0 Å². The Labute approximate surface area is 129 Å². The zero-order valence-electron chi connectivity index (χ0n) is 11.6. The molecule has 0 atom stereocenters. The first-order chi connectivity index (χ1) is 11.0. The lowest BCUT2D eigenvalue weighted by Gasteiger charge is -2.11. The maximum Gasteiger partial charge on any atom is 0.409 e. The van der Waals surface area contributed by atoms with Crippen LogP contribution in [-0.2, 0) is 0 Å². The number of amides is 1. The summed E-state index contributed by atoms with van der Waals surface area (Å²) in [4.78, 5) is 23.0. The number of hydrogen-bond acceptors (Lipinski definition) is 5. The van der Waals surface area contributed by atoms with Crippen LogP contribution in [0.25, 0.3) is 22.3 Å². The molecule has 0 unspecified atom stereocenters. The number of anilines is 1. The molecule has 0 spiro atoms. The predicted octanol–water partition coefficient (Wildman–Crippen LogP) is 2.96. The van der Waals surface area contributed by atoms with Crippen LogP contribution in [0.2, 0.25) is 0 Å². The fraction of sp³-hybridized carbons (Fsp3) is 0. The van der Waals surface area contributed by atoms with Gasteiger partial charge in [-0.25, -0.2) is 4.79 Å². The van der Waals surface area contributed by atoms with Crippen molar-refractivity contribution < 1.29 is 24.5 Å². The van der Waals surface area contributed by atoms with Crippen molar-refractivity contribution >= 4 is 22.7 Å². The summed E-state index contributed by atoms with van der Waals surface area (Å²) in [7, 11) is 0. The average molecular weight is 313 g/mol. The second-order valence-corrected chi connectivity index (χ2v) is 4.79. The summed E-state index contributed by atoms with van der Waals surface area (Å²) >= 11 is 0. The minimum Gasteiger partial charge on any atom is -0.504 e. The average Bonchev–Trinajstić information content (AvgIpc) is 2.50. The van der Waals surface area contributed by atoms with Crippen molar-refractivity contribution in [3.05, 3.63) is 52.7 Å². The van der Waals surface area contributed by atoms with Crippen molar-refractivity contribution in [1.82, 2.24) is 0 Å². The number of para-hydroxylation sites is 1. The first-order valence-electron chi connectivity index (χ1n) is 6.55. The Morgan fingerprint density at radius 3 is 2.48 bits per heavy atom. The van der Waals surface area contributed by atoms with Gasteiger partial charge in [-0.1, -0.05) is 12.1 Å². The molecule has 0 fully saturated rings. The van der Waals surface area contributed by atoms with Crippen molar-refractivity contribution in [3.8, 4) is 22.8 Å². The van der Waals surface area contributed by atoms with Gasteiger partial charge in [0.15, 0.2) is 16.9 Å². The molecule has 0 aliphatic rings. The molecular weight excluding hydrogens is 302 g/mol. The third-order valence-electron chi connectivity index (χ3n) is 3.26. The van der Waals surface area contributed by atoms with Gasteiger partial charge < -0.3 is 19.7 Å². The van der Waals surface area contributed by atoms with Gasteiger partial charge >= 0.3 is 6.09 Å². The third-order valence-corrected chi connectivity index (χ3v) is 3.26. The molecule has 7 heteroatoms. The molecule has 2 aromatic carbocycles. The van der Waals surface area contributed by atoms with E-state index in [0.29, 0.717) is 11.0 Å². The minimum atomic E-state index is -1.36. The molecule has 3 aromatic rings. The molecule has 1 amide bonds. The number of hydrogen-bond donors (Lipinski definition) is 4. The number of phenolic OH excluding ortho intramolecular Hbond substituents is 2. The van der Waals surface area contributed by atoms with E-state index in [4.69, 9.17) is 9.52 Å². The Morgan fingerprint density at radius 2 is 1.74 bits per heavy atom. The number of phenols is 2. The Bertz CT molecular complexity index is 976. The number of fused-ring (bicyclic) bond motifs is 1. The summed E-state index contributed by atoms with van der Waals surface area (Å²) in [6.45, 7) is 0. The Hall–Kier alpha value is -3.48. The van der Waals surface area contributed by atoms with Crippen LogP contribution < -0.4 is 10.7 Å². The number of benzene rings is 2. The lowest BCUT2D eigenvalue weighted by atomic mass is 10.1. The topological polar surface area (TPSA) is 120 Å². The van der Waals surface area contributed by atoms with Gasteiger partial charge in [0, 0.05) is 17.7 Å². The second-order valence-electron chi connectivity index (χ2n) is 4.79. The summed E-state index contributed by atoms with van der Waals surface area (Å²) in [5.74, 6) is -0.903. The van der Waals surface area contributed by atoms with Gasteiger partial charge in [-0.05, 0) is 18.2 Å². The van der Waals surface area contributed by atoms with E-state index in [-0.39, 0.29) is 22.4 Å². The van der Waals surface area contributed by atoms with Gasteiger partial charge in [-0.2, -0.15) is 0 Å². The highest BCUT2D eigenvalue weighted by atomic mass is 16.4. The van der Waals surface area contributed by atoms with Crippen molar-refractivity contribution in [2.45, 2.75) is 0 Å². The zero-order chi connectivity index (χ0) is 16.6. The summed E-state index contributed by atoms with van der Waals surface area (Å²) in [6, 6.07) is 9.95. The molecule has 23 heavy (non-hydrogen) atoms. The normalized spacial score (nSPS) is 10.6. The first kappa shape index (κ1) is 14.5. The number of rotatable bonds is 2. The van der Waals surface area contributed by atoms with Gasteiger partial charge in [-0.15, -0.1) is 0 Å². The van der Waals surface area contributed by atoms with Crippen molar-refractivity contribution in [1.29, 1.82) is 0 Å². The molecule has 0 saturated heterocycles. The molecule has 0 bridgehead atoms. The second kappa shape index (κ2) is 5.38. The van der Waals surface area contributed by atoms with E-state index in [2.05, 4.69) is 5.32 Å². The molecule has 4 N–H and O–H groups in total. The monoisotopic (exact) mass is 313 g/mol. The zero-order valence-corrected chi connectivity index (χ0v) is 11.6. The molecule has 3 rings (SSSR count). The van der Waals surface area contributed by atoms with E-state index in [0.717, 1.165) is 12.1 Å². The van der Waals surface area contributed by atoms with E-state index >= 15 is 0 Å². The molecular formula is C16H11NO6. The van der Waals surface area contributed by atoms with Crippen molar-refractivity contribution in [2.75, 3.05) is 5.32 Å². The van der Waals surface area contributed by atoms with Gasteiger partial charge in [0.2, 0.25) is 0 Å². The van der Waals surface area contributed by atoms with Crippen LogP contribution in [-0.4, -0.2) is 21.4 Å². The fourth-order valence-electron chi connectivity index (χ4n) is 2.24. The lowest BCUT2D eigenvalue weighted by Crippen LogP contribution is -2.09. The van der Waals surface area contributed by atoms with Crippen LogP contribution in [0.15, 0.2) is 51.7 Å². The number of carboxylic acid groups (broad SMARTS) is 1. The van der Waals surface area contributed by atoms with Crippen molar-refractivity contribution in [2.24, 2.45) is 0 Å². The number of carbonyl (C=O) groups is 1. The summed E-state index contributed by atoms with van der Waals surface area (Å²) in [5.41, 5.74) is 0.122. The molecule has 0 radical (unpaired) electrons. The Morgan fingerprint density at radius 1 is 1.04 bits per heavy atom. The molecule has 0 saturated carbocycles. The maximum absolute atomic E-state index is 12.1. The first-order valence-corrected chi connectivity index (χ1v) is 6.55. The fourth-order valence-corrected chi connectivity index (χ4v) is 2.24. The standard InChI is InChI=1S/C16H11NO6/c18-11-7-15(23-14-4-2-1-3-8(11)14)9-5-12(19)13(20)6-10(9)17-16(21)22/h1-7,17,19-20H,(H,21,22). The largest absolute Gasteiger partial charge is 0.504 e. The van der Waals surface area contributed by atoms with Crippen LogP contribution in [0.1, 0.15) is 0 Å². The van der Waals surface area contributed by atoms with E-state index < -0.39 is 17.6 Å². The smallest absolute Gasteiger partial charge is 0.409 e. The third kappa shape index (κ3) is 2.67. The van der Waals surface area contributed by atoms with E-state index in [1.165, 1.54) is 6.07 Å². The summed E-state index contributed by atoms with van der Waals surface area (Å²) in [5, 5.41) is 30.5. The van der Waals surface area contributed by atoms with Crippen molar-refractivity contribution in [3.63, 3.8) is 0 Å². The van der Waals surface area contributed by atoms with E-state index in [1.54, 1.807) is 24.3 Å². The Kier molecular flexibility index (Phi) is 3.38. The molecule has 7 nitrogen and oxygen atoms in total. The van der Waals surface area contributed by atoms with Crippen LogP contribution >= 0.6 is 0 Å². The summed E-state index contributed by atoms with van der Waals surface area (Å²) < 4.78 is 5.62. The lowest BCUT2D eigenvalue weighted by molar-refractivity contribution is 0.209. The minimum absolute atomic E-state index is 0.0220. The highest BCUT2D eigenvalue weighted by Gasteiger charge is 2.16. The number of nitrogens with one attached hydrogen (secondary N) is 1. The predicted molar refractivity (Wildman–Crippen MR) is 82.9 cm³/mol. The summed E-state index contributed by atoms with van der Waals surface area (Å²) in [6.07, 6.45) is -1.36. The van der Waals surface area contributed by atoms with Gasteiger partial charge in [0.05, 0.1) is 11.1 Å². The van der Waals surface area contributed by atoms with Crippen LogP contribution in [0.3, 0.4) is 0 Å². The Balaban J connectivity index is 2.27.